The number of alkyl halides is 3. The molecule has 0 radical (unpaired) electrons. The van der Waals surface area contributed by atoms with E-state index in [-0.39, 0.29) is 4.90 Å². The summed E-state index contributed by atoms with van der Waals surface area (Å²) in [6.07, 6.45) is -4.17. The minimum Gasteiger partial charge on any atom is -0.385 e. The zero-order valence-corrected chi connectivity index (χ0v) is 11.4. The summed E-state index contributed by atoms with van der Waals surface area (Å²) in [4.78, 5) is 0.0596. The van der Waals surface area contributed by atoms with Gasteiger partial charge >= 0.3 is 6.18 Å². The highest BCUT2D eigenvalue weighted by molar-refractivity contribution is 7.89. The van der Waals surface area contributed by atoms with E-state index < -0.39 is 29.2 Å². The highest BCUT2D eigenvalue weighted by Gasteiger charge is 2.28. The molecular weight excluding hydrogens is 293 g/mol. The van der Waals surface area contributed by atoms with Crippen molar-refractivity contribution in [3.8, 4) is 0 Å². The van der Waals surface area contributed by atoms with Gasteiger partial charge in [0, 0.05) is 18.8 Å². The number of rotatable bonds is 4. The fourth-order valence-corrected chi connectivity index (χ4v) is 3.45. The maximum Gasteiger partial charge on any atom is 0.390 e. The first-order valence-corrected chi connectivity index (χ1v) is 7.70. The molecule has 1 aromatic carbocycles. The van der Waals surface area contributed by atoms with E-state index in [1.165, 1.54) is 6.07 Å². The van der Waals surface area contributed by atoms with Gasteiger partial charge in [-0.1, -0.05) is 6.07 Å². The van der Waals surface area contributed by atoms with Gasteiger partial charge in [-0.25, -0.2) is 13.1 Å². The van der Waals surface area contributed by atoms with Gasteiger partial charge < -0.3 is 5.32 Å². The van der Waals surface area contributed by atoms with Gasteiger partial charge in [0.25, 0.3) is 0 Å². The van der Waals surface area contributed by atoms with E-state index >= 15 is 0 Å². The largest absolute Gasteiger partial charge is 0.390 e. The average molecular weight is 308 g/mol. The Hall–Kier alpha value is -1.28. The Morgan fingerprint density at radius 3 is 2.75 bits per heavy atom. The van der Waals surface area contributed by atoms with Gasteiger partial charge in [0.05, 0.1) is 11.3 Å². The van der Waals surface area contributed by atoms with Gasteiger partial charge in [-0.3, -0.25) is 0 Å². The quantitative estimate of drug-likeness (QED) is 0.897. The number of hydrogen-bond acceptors (Lipinski definition) is 3. The first-order chi connectivity index (χ1) is 9.30. The van der Waals surface area contributed by atoms with Crippen LogP contribution in [0.3, 0.4) is 0 Å². The summed E-state index contributed by atoms with van der Waals surface area (Å²) in [6, 6.07) is 4.76. The van der Waals surface area contributed by atoms with Crippen LogP contribution in [0.5, 0.6) is 0 Å². The highest BCUT2D eigenvalue weighted by atomic mass is 32.2. The molecule has 0 saturated carbocycles. The molecule has 0 bridgehead atoms. The molecule has 2 rings (SSSR count). The maximum atomic E-state index is 12.1. The number of halogens is 3. The normalized spacial score (nSPS) is 15.6. The number of anilines is 1. The Morgan fingerprint density at radius 1 is 1.30 bits per heavy atom. The Balaban J connectivity index is 2.18. The van der Waals surface area contributed by atoms with Gasteiger partial charge in [-0.15, -0.1) is 0 Å². The number of sulfonamides is 1. The molecule has 0 aliphatic carbocycles. The molecule has 0 atom stereocenters. The number of fused-ring (bicyclic) bond motifs is 1. The third-order valence-corrected chi connectivity index (χ3v) is 4.59. The van der Waals surface area contributed by atoms with Crippen LogP contribution in [-0.2, 0) is 16.4 Å². The Morgan fingerprint density at radius 2 is 2.05 bits per heavy atom. The van der Waals surface area contributed by atoms with Gasteiger partial charge in [-0.2, -0.15) is 13.2 Å². The second kappa shape index (κ2) is 5.61. The van der Waals surface area contributed by atoms with Crippen molar-refractivity contribution in [3.05, 3.63) is 23.8 Å². The first-order valence-electron chi connectivity index (χ1n) is 6.22. The van der Waals surface area contributed by atoms with E-state index in [1.54, 1.807) is 12.1 Å². The smallest absolute Gasteiger partial charge is 0.385 e. The SMILES string of the molecule is O=S(=O)(NCCC(F)(F)F)c1cccc2c1CCCN2. The summed E-state index contributed by atoms with van der Waals surface area (Å²) in [5.41, 5.74) is 1.37. The van der Waals surface area contributed by atoms with Crippen molar-refractivity contribution in [1.82, 2.24) is 4.72 Å². The molecule has 1 aliphatic heterocycles. The Bertz CT molecular complexity index is 585. The van der Waals surface area contributed by atoms with Crippen molar-refractivity contribution >= 4 is 15.7 Å². The predicted molar refractivity (Wildman–Crippen MR) is 69.1 cm³/mol. The average Bonchev–Trinajstić information content (AvgIpc) is 2.36. The monoisotopic (exact) mass is 308 g/mol. The van der Waals surface area contributed by atoms with Crippen LogP contribution < -0.4 is 10.0 Å². The molecule has 0 unspecified atom stereocenters. The van der Waals surface area contributed by atoms with Crippen molar-refractivity contribution in [2.45, 2.75) is 30.3 Å². The fourth-order valence-electron chi connectivity index (χ4n) is 2.13. The van der Waals surface area contributed by atoms with Crippen LogP contribution in [0.4, 0.5) is 18.9 Å². The van der Waals surface area contributed by atoms with Crippen LogP contribution in [-0.4, -0.2) is 27.7 Å². The molecule has 2 N–H and O–H groups in total. The Labute approximate surface area is 115 Å². The van der Waals surface area contributed by atoms with E-state index in [2.05, 4.69) is 5.32 Å². The van der Waals surface area contributed by atoms with E-state index in [0.717, 1.165) is 18.7 Å². The molecule has 0 saturated heterocycles. The molecule has 20 heavy (non-hydrogen) atoms. The topological polar surface area (TPSA) is 58.2 Å². The lowest BCUT2D eigenvalue weighted by atomic mass is 10.0. The zero-order chi connectivity index (χ0) is 14.8. The fraction of sp³-hybridized carbons (Fsp3) is 0.500. The molecule has 0 aromatic heterocycles. The maximum absolute atomic E-state index is 12.1. The van der Waals surface area contributed by atoms with Crippen LogP contribution in [0.25, 0.3) is 0 Å². The number of hydrogen-bond donors (Lipinski definition) is 2. The summed E-state index contributed by atoms with van der Waals surface area (Å²) in [6.45, 7) is 0.112. The summed E-state index contributed by atoms with van der Waals surface area (Å²) in [5, 5.41) is 3.08. The lowest BCUT2D eigenvalue weighted by Crippen LogP contribution is -2.29. The lowest BCUT2D eigenvalue weighted by Gasteiger charge is -2.21. The standard InChI is InChI=1S/C12H15F3N2O2S/c13-12(14,15)6-8-17-20(18,19)11-5-1-4-10-9(11)3-2-7-16-10/h1,4-5,16-17H,2-3,6-8H2. The van der Waals surface area contributed by atoms with Crippen molar-refractivity contribution in [1.29, 1.82) is 0 Å². The predicted octanol–water partition coefficient (Wildman–Crippen LogP) is 2.28. The van der Waals surface area contributed by atoms with Crippen molar-refractivity contribution in [3.63, 3.8) is 0 Å². The molecule has 8 heteroatoms. The van der Waals surface area contributed by atoms with E-state index in [0.29, 0.717) is 12.0 Å². The molecule has 112 valence electrons. The summed E-state index contributed by atoms with van der Waals surface area (Å²) >= 11 is 0. The third kappa shape index (κ3) is 3.63. The second-order valence-corrected chi connectivity index (χ2v) is 6.31. The summed E-state index contributed by atoms with van der Waals surface area (Å²) < 4.78 is 62.4. The van der Waals surface area contributed by atoms with Crippen LogP contribution in [0.15, 0.2) is 23.1 Å². The zero-order valence-electron chi connectivity index (χ0n) is 10.6. The molecule has 0 amide bonds. The minimum absolute atomic E-state index is 0.0596. The molecule has 0 spiro atoms. The molecule has 1 heterocycles. The lowest BCUT2D eigenvalue weighted by molar-refractivity contribution is -0.132. The molecule has 1 aromatic rings. The molecular formula is C12H15F3N2O2S. The summed E-state index contributed by atoms with van der Waals surface area (Å²) in [7, 11) is -3.91. The van der Waals surface area contributed by atoms with Crippen LogP contribution >= 0.6 is 0 Å². The summed E-state index contributed by atoms with van der Waals surface area (Å²) in [5.74, 6) is 0. The van der Waals surface area contributed by atoms with Gasteiger partial charge in [-0.05, 0) is 30.5 Å². The number of benzene rings is 1. The molecule has 0 fully saturated rings. The van der Waals surface area contributed by atoms with Gasteiger partial charge in [0.2, 0.25) is 10.0 Å². The van der Waals surface area contributed by atoms with Crippen LogP contribution in [0.1, 0.15) is 18.4 Å². The molecule has 1 aliphatic rings. The van der Waals surface area contributed by atoms with Crippen molar-refractivity contribution in [2.75, 3.05) is 18.4 Å². The van der Waals surface area contributed by atoms with E-state index in [1.807, 2.05) is 4.72 Å². The molecule has 4 nitrogen and oxygen atoms in total. The van der Waals surface area contributed by atoms with E-state index in [4.69, 9.17) is 0 Å². The second-order valence-electron chi connectivity index (χ2n) is 4.58. The Kier molecular flexibility index (Phi) is 4.24. The van der Waals surface area contributed by atoms with Crippen molar-refractivity contribution < 1.29 is 21.6 Å². The van der Waals surface area contributed by atoms with Gasteiger partial charge in [0.1, 0.15) is 0 Å². The minimum atomic E-state index is -4.37. The van der Waals surface area contributed by atoms with Gasteiger partial charge in [0.15, 0.2) is 0 Å². The number of nitrogens with one attached hydrogen (secondary N) is 2. The van der Waals surface area contributed by atoms with Crippen molar-refractivity contribution in [2.24, 2.45) is 0 Å². The van der Waals surface area contributed by atoms with E-state index in [9.17, 15) is 21.6 Å². The van der Waals surface area contributed by atoms with Crippen LogP contribution in [0.2, 0.25) is 0 Å². The first kappa shape index (κ1) is 15.1. The highest BCUT2D eigenvalue weighted by Crippen LogP contribution is 2.28. The van der Waals surface area contributed by atoms with Crippen LogP contribution in [0, 0.1) is 0 Å². The third-order valence-electron chi connectivity index (χ3n) is 3.04.